The van der Waals surface area contributed by atoms with Gasteiger partial charge < -0.3 is 15.1 Å². The number of nitrogens with one attached hydrogen (secondary N) is 1. The van der Waals surface area contributed by atoms with Crippen molar-refractivity contribution in [3.8, 4) is 0 Å². The van der Waals surface area contributed by atoms with Gasteiger partial charge in [0.15, 0.2) is 0 Å². The lowest BCUT2D eigenvalue weighted by Gasteiger charge is -2.30. The number of thiophene rings is 1. The van der Waals surface area contributed by atoms with Gasteiger partial charge in [0.05, 0.1) is 26.6 Å². The highest BCUT2D eigenvalue weighted by Gasteiger charge is 2.19. The molecule has 8 heteroatoms. The molecule has 0 spiro atoms. The van der Waals surface area contributed by atoms with Gasteiger partial charge in [-0.1, -0.05) is 0 Å². The maximum atomic E-state index is 13.7. The summed E-state index contributed by atoms with van der Waals surface area (Å²) in [6.45, 7) is 1.67. The smallest absolute Gasteiger partial charge is 0.264 e. The zero-order valence-electron chi connectivity index (χ0n) is 15.0. The van der Waals surface area contributed by atoms with Crippen molar-refractivity contribution < 1.29 is 14.0 Å². The largest absolute Gasteiger partial charge is 0.370 e. The summed E-state index contributed by atoms with van der Waals surface area (Å²) in [6, 6.07) is 7.95. The first-order valence-electron chi connectivity index (χ1n) is 8.79. The van der Waals surface area contributed by atoms with Gasteiger partial charge in [0.1, 0.15) is 5.82 Å². The van der Waals surface area contributed by atoms with Gasteiger partial charge in [-0.3, -0.25) is 9.59 Å². The molecule has 1 aliphatic rings. The number of rotatable bonds is 5. The normalized spacial score (nSPS) is 14.1. The summed E-state index contributed by atoms with van der Waals surface area (Å²) >= 11 is 4.64. The number of nitrogens with zero attached hydrogens (tertiary/aromatic N) is 2. The number of amides is 2. The van der Waals surface area contributed by atoms with E-state index in [4.69, 9.17) is 0 Å². The second kappa shape index (κ2) is 8.84. The fourth-order valence-electron chi connectivity index (χ4n) is 3.11. The Morgan fingerprint density at radius 1 is 1.22 bits per heavy atom. The molecule has 0 unspecified atom stereocenters. The van der Waals surface area contributed by atoms with Gasteiger partial charge >= 0.3 is 0 Å². The Morgan fingerprint density at radius 3 is 2.63 bits per heavy atom. The van der Waals surface area contributed by atoms with E-state index in [9.17, 15) is 14.0 Å². The molecule has 0 saturated carbocycles. The van der Waals surface area contributed by atoms with Crippen molar-refractivity contribution >= 4 is 50.5 Å². The van der Waals surface area contributed by atoms with Crippen LogP contribution in [0.4, 0.5) is 15.8 Å². The zero-order chi connectivity index (χ0) is 19.4. The van der Waals surface area contributed by atoms with E-state index in [-0.39, 0.29) is 18.4 Å². The SMILES string of the molecule is CN(CC(=O)Nc1cc(F)ccc1N1CCCCC1)C(=O)c1ccc(Br)s1. The van der Waals surface area contributed by atoms with E-state index in [1.807, 2.05) is 0 Å². The number of piperidine rings is 1. The number of carbonyl (C=O) groups is 2. The van der Waals surface area contributed by atoms with E-state index >= 15 is 0 Å². The molecule has 1 aliphatic heterocycles. The summed E-state index contributed by atoms with van der Waals surface area (Å²) in [5.74, 6) is -0.986. The van der Waals surface area contributed by atoms with Crippen LogP contribution in [0.3, 0.4) is 0 Å². The summed E-state index contributed by atoms with van der Waals surface area (Å²) in [5.41, 5.74) is 1.27. The number of carbonyl (C=O) groups excluding carboxylic acids is 2. The first kappa shape index (κ1) is 19.8. The van der Waals surface area contributed by atoms with Crippen LogP contribution in [-0.2, 0) is 4.79 Å². The van der Waals surface area contributed by atoms with Crippen molar-refractivity contribution in [1.29, 1.82) is 0 Å². The second-order valence-corrected chi connectivity index (χ2v) is 8.99. The van der Waals surface area contributed by atoms with E-state index in [1.54, 1.807) is 25.2 Å². The predicted octanol–water partition coefficient (Wildman–Crippen LogP) is 4.35. The molecule has 1 N–H and O–H groups in total. The summed E-state index contributed by atoms with van der Waals surface area (Å²) in [4.78, 5) is 28.9. The van der Waals surface area contributed by atoms with Crippen LogP contribution in [0, 0.1) is 5.82 Å². The molecule has 1 saturated heterocycles. The van der Waals surface area contributed by atoms with Crippen LogP contribution in [-0.4, -0.2) is 43.4 Å². The quantitative estimate of drug-likeness (QED) is 0.731. The number of halogens is 2. The van der Waals surface area contributed by atoms with Gasteiger partial charge in [-0.2, -0.15) is 0 Å². The maximum Gasteiger partial charge on any atom is 0.264 e. The van der Waals surface area contributed by atoms with Gasteiger partial charge in [-0.05, 0) is 65.5 Å². The van der Waals surface area contributed by atoms with Crippen LogP contribution in [0.25, 0.3) is 0 Å². The van der Waals surface area contributed by atoms with E-state index < -0.39 is 5.82 Å². The zero-order valence-corrected chi connectivity index (χ0v) is 17.4. The third kappa shape index (κ3) is 5.07. The number of anilines is 2. The van der Waals surface area contributed by atoms with Crippen molar-refractivity contribution in [3.63, 3.8) is 0 Å². The lowest BCUT2D eigenvalue weighted by Crippen LogP contribution is -2.35. The summed E-state index contributed by atoms with van der Waals surface area (Å²) in [7, 11) is 1.58. The van der Waals surface area contributed by atoms with Crippen molar-refractivity contribution in [3.05, 3.63) is 44.8 Å². The highest BCUT2D eigenvalue weighted by Crippen LogP contribution is 2.29. The molecule has 3 rings (SSSR count). The van der Waals surface area contributed by atoms with Crippen LogP contribution in [0.15, 0.2) is 34.1 Å². The van der Waals surface area contributed by atoms with E-state index in [1.165, 1.54) is 34.8 Å². The molecule has 0 bridgehead atoms. The van der Waals surface area contributed by atoms with Gasteiger partial charge in [0.25, 0.3) is 5.91 Å². The van der Waals surface area contributed by atoms with Crippen LogP contribution >= 0.6 is 27.3 Å². The molecule has 2 aromatic rings. The molecule has 0 radical (unpaired) electrons. The Hall–Kier alpha value is -1.93. The summed E-state index contributed by atoms with van der Waals surface area (Å²) in [5, 5.41) is 2.77. The number of benzene rings is 1. The Kier molecular flexibility index (Phi) is 6.49. The van der Waals surface area contributed by atoms with Crippen molar-refractivity contribution in [2.45, 2.75) is 19.3 Å². The Labute approximate surface area is 170 Å². The van der Waals surface area contributed by atoms with Crippen molar-refractivity contribution in [2.75, 3.05) is 36.9 Å². The van der Waals surface area contributed by atoms with Gasteiger partial charge in [-0.15, -0.1) is 11.3 Å². The lowest BCUT2D eigenvalue weighted by molar-refractivity contribution is -0.116. The molecule has 0 aliphatic carbocycles. The average Bonchev–Trinajstić information content (AvgIpc) is 3.08. The van der Waals surface area contributed by atoms with Gasteiger partial charge in [-0.25, -0.2) is 4.39 Å². The Bertz CT molecular complexity index is 836. The standard InChI is InChI=1S/C19H21BrFN3O2S/c1-23(19(26)16-7-8-17(20)27-16)12-18(25)22-14-11-13(21)5-6-15(14)24-9-3-2-4-10-24/h5-8,11H,2-4,9-10,12H2,1H3,(H,22,25). The molecule has 144 valence electrons. The van der Waals surface area contributed by atoms with Crippen molar-refractivity contribution in [2.24, 2.45) is 0 Å². The Balaban J connectivity index is 1.68. The molecular weight excluding hydrogens is 433 g/mol. The van der Waals surface area contributed by atoms with Gasteiger partial charge in [0.2, 0.25) is 5.91 Å². The van der Waals surface area contributed by atoms with E-state index in [2.05, 4.69) is 26.1 Å². The van der Waals surface area contributed by atoms with Gasteiger partial charge in [0, 0.05) is 20.1 Å². The first-order chi connectivity index (χ1) is 12.9. The third-order valence-electron chi connectivity index (χ3n) is 4.44. The Morgan fingerprint density at radius 2 is 1.96 bits per heavy atom. The molecule has 1 fully saturated rings. The fraction of sp³-hybridized carbons (Fsp3) is 0.368. The average molecular weight is 454 g/mol. The summed E-state index contributed by atoms with van der Waals surface area (Å²) in [6.07, 6.45) is 3.35. The minimum atomic E-state index is -0.404. The minimum Gasteiger partial charge on any atom is -0.370 e. The fourth-order valence-corrected chi connectivity index (χ4v) is 4.49. The molecule has 1 aromatic heterocycles. The number of likely N-dealkylation sites (N-methyl/N-ethyl adjacent to an activating group) is 1. The monoisotopic (exact) mass is 453 g/mol. The predicted molar refractivity (Wildman–Crippen MR) is 110 cm³/mol. The molecule has 2 amide bonds. The van der Waals surface area contributed by atoms with Crippen LogP contribution in [0.2, 0.25) is 0 Å². The van der Waals surface area contributed by atoms with E-state index in [0.717, 1.165) is 35.4 Å². The minimum absolute atomic E-state index is 0.107. The van der Waals surface area contributed by atoms with Crippen LogP contribution in [0.1, 0.15) is 28.9 Å². The van der Waals surface area contributed by atoms with Crippen LogP contribution < -0.4 is 10.2 Å². The third-order valence-corrected chi connectivity index (χ3v) is 6.05. The van der Waals surface area contributed by atoms with E-state index in [0.29, 0.717) is 10.6 Å². The molecule has 5 nitrogen and oxygen atoms in total. The molecule has 0 atom stereocenters. The lowest BCUT2D eigenvalue weighted by atomic mass is 10.1. The topological polar surface area (TPSA) is 52.7 Å². The molecule has 1 aromatic carbocycles. The number of hydrogen-bond acceptors (Lipinski definition) is 4. The summed E-state index contributed by atoms with van der Waals surface area (Å²) < 4.78 is 14.6. The number of hydrogen-bond donors (Lipinski definition) is 1. The second-order valence-electron chi connectivity index (χ2n) is 6.52. The van der Waals surface area contributed by atoms with Crippen molar-refractivity contribution in [1.82, 2.24) is 4.90 Å². The molecule has 2 heterocycles. The highest BCUT2D eigenvalue weighted by molar-refractivity contribution is 9.11. The maximum absolute atomic E-state index is 13.7. The first-order valence-corrected chi connectivity index (χ1v) is 10.4. The van der Waals surface area contributed by atoms with Crippen LogP contribution in [0.5, 0.6) is 0 Å². The molecular formula is C19H21BrFN3O2S. The highest BCUT2D eigenvalue weighted by atomic mass is 79.9. The molecule has 27 heavy (non-hydrogen) atoms.